The number of nitriles is 2. The van der Waals surface area contributed by atoms with Crippen molar-refractivity contribution in [2.75, 3.05) is 7.11 Å². The van der Waals surface area contributed by atoms with Crippen molar-refractivity contribution < 1.29 is 9.47 Å². The first-order chi connectivity index (χ1) is 9.66. The lowest BCUT2D eigenvalue weighted by Crippen LogP contribution is -1.91. The molecule has 0 unspecified atom stereocenters. The molecular formula is C15H9BrN2O2. The summed E-state index contributed by atoms with van der Waals surface area (Å²) in [6.07, 6.45) is 0. The maximum atomic E-state index is 9.07. The Kier molecular flexibility index (Phi) is 4.24. The van der Waals surface area contributed by atoms with Gasteiger partial charge in [0, 0.05) is 10.5 Å². The molecule has 0 bridgehead atoms. The molecule has 2 aromatic rings. The Morgan fingerprint density at radius 3 is 2.40 bits per heavy atom. The van der Waals surface area contributed by atoms with Crippen LogP contribution in [0.1, 0.15) is 11.1 Å². The Morgan fingerprint density at radius 2 is 1.75 bits per heavy atom. The summed E-state index contributed by atoms with van der Waals surface area (Å²) < 4.78 is 11.6. The van der Waals surface area contributed by atoms with Crippen molar-refractivity contribution in [2.24, 2.45) is 0 Å². The second-order valence-corrected chi connectivity index (χ2v) is 4.78. The molecule has 0 aliphatic rings. The van der Waals surface area contributed by atoms with Gasteiger partial charge in [0.05, 0.1) is 24.3 Å². The first-order valence-electron chi connectivity index (χ1n) is 5.63. The molecule has 0 radical (unpaired) electrons. The van der Waals surface area contributed by atoms with Crippen LogP contribution in [0.25, 0.3) is 0 Å². The van der Waals surface area contributed by atoms with E-state index in [1.54, 1.807) is 36.4 Å². The highest BCUT2D eigenvalue weighted by atomic mass is 79.9. The van der Waals surface area contributed by atoms with Crippen LogP contribution in [0.5, 0.6) is 17.2 Å². The van der Waals surface area contributed by atoms with E-state index in [1.807, 2.05) is 6.07 Å². The summed E-state index contributed by atoms with van der Waals surface area (Å²) in [7, 11) is 1.51. The zero-order valence-electron chi connectivity index (χ0n) is 10.6. The minimum absolute atomic E-state index is 0.412. The first-order valence-corrected chi connectivity index (χ1v) is 6.42. The van der Waals surface area contributed by atoms with E-state index in [2.05, 4.69) is 22.0 Å². The maximum absolute atomic E-state index is 9.07. The molecule has 0 N–H and O–H groups in total. The SMILES string of the molecule is COc1cc(C#N)cc(Oc2cc(Br)ccc2C#N)c1. The van der Waals surface area contributed by atoms with Crippen LogP contribution in [-0.4, -0.2) is 7.11 Å². The summed E-state index contributed by atoms with van der Waals surface area (Å²) in [4.78, 5) is 0. The Hall–Kier alpha value is -2.50. The molecule has 0 spiro atoms. The third-order valence-electron chi connectivity index (χ3n) is 2.54. The van der Waals surface area contributed by atoms with Gasteiger partial charge >= 0.3 is 0 Å². The molecule has 0 heterocycles. The summed E-state index contributed by atoms with van der Waals surface area (Å²) in [5, 5.41) is 18.0. The van der Waals surface area contributed by atoms with E-state index in [9.17, 15) is 0 Å². The smallest absolute Gasteiger partial charge is 0.146 e. The van der Waals surface area contributed by atoms with Crippen LogP contribution in [-0.2, 0) is 0 Å². The van der Waals surface area contributed by atoms with E-state index in [0.29, 0.717) is 28.4 Å². The lowest BCUT2D eigenvalue weighted by molar-refractivity contribution is 0.408. The zero-order chi connectivity index (χ0) is 14.5. The van der Waals surface area contributed by atoms with E-state index < -0.39 is 0 Å². The number of halogens is 1. The molecule has 0 saturated heterocycles. The fraction of sp³-hybridized carbons (Fsp3) is 0.0667. The Balaban J connectivity index is 2.42. The Bertz CT molecular complexity index is 730. The fourth-order valence-electron chi connectivity index (χ4n) is 1.61. The van der Waals surface area contributed by atoms with Crippen molar-refractivity contribution in [3.05, 3.63) is 52.0 Å². The van der Waals surface area contributed by atoms with Gasteiger partial charge in [-0.2, -0.15) is 10.5 Å². The van der Waals surface area contributed by atoms with E-state index in [4.69, 9.17) is 20.0 Å². The number of methoxy groups -OCH3 is 1. The summed E-state index contributed by atoms with van der Waals surface area (Å²) >= 11 is 3.33. The van der Waals surface area contributed by atoms with Gasteiger partial charge in [-0.1, -0.05) is 15.9 Å². The standard InChI is InChI=1S/C15H9BrN2O2/c1-19-13-4-10(8-17)5-14(7-13)20-15-6-12(16)3-2-11(15)9-18/h2-7H,1H3. The number of nitrogens with zero attached hydrogens (tertiary/aromatic N) is 2. The minimum atomic E-state index is 0.412. The highest BCUT2D eigenvalue weighted by Crippen LogP contribution is 2.31. The van der Waals surface area contributed by atoms with Crippen LogP contribution in [0.3, 0.4) is 0 Å². The summed E-state index contributed by atoms with van der Waals surface area (Å²) in [6.45, 7) is 0. The van der Waals surface area contributed by atoms with Gasteiger partial charge in [0.2, 0.25) is 0 Å². The van der Waals surface area contributed by atoms with E-state index in [-0.39, 0.29) is 0 Å². The van der Waals surface area contributed by atoms with Gasteiger partial charge in [0.15, 0.2) is 0 Å². The average molecular weight is 329 g/mol. The summed E-state index contributed by atoms with van der Waals surface area (Å²) in [5.74, 6) is 1.38. The van der Waals surface area contributed by atoms with E-state index >= 15 is 0 Å². The van der Waals surface area contributed by atoms with Gasteiger partial charge < -0.3 is 9.47 Å². The van der Waals surface area contributed by atoms with Gasteiger partial charge in [-0.3, -0.25) is 0 Å². The zero-order valence-corrected chi connectivity index (χ0v) is 12.1. The molecule has 0 saturated carbocycles. The number of hydrogen-bond donors (Lipinski definition) is 0. The maximum Gasteiger partial charge on any atom is 0.146 e. The number of benzene rings is 2. The molecule has 0 fully saturated rings. The van der Waals surface area contributed by atoms with Crippen molar-refractivity contribution in [3.8, 4) is 29.4 Å². The first kappa shape index (κ1) is 13.9. The largest absolute Gasteiger partial charge is 0.497 e. The molecule has 0 aliphatic carbocycles. The predicted molar refractivity (Wildman–Crippen MR) is 76.6 cm³/mol. The second-order valence-electron chi connectivity index (χ2n) is 3.86. The number of rotatable bonds is 3. The van der Waals surface area contributed by atoms with Crippen LogP contribution < -0.4 is 9.47 Å². The highest BCUT2D eigenvalue weighted by Gasteiger charge is 2.08. The average Bonchev–Trinajstić information content (AvgIpc) is 2.47. The molecular weight excluding hydrogens is 320 g/mol. The van der Waals surface area contributed by atoms with Gasteiger partial charge in [-0.25, -0.2) is 0 Å². The van der Waals surface area contributed by atoms with Crippen LogP contribution in [0.2, 0.25) is 0 Å². The minimum Gasteiger partial charge on any atom is -0.497 e. The van der Waals surface area contributed by atoms with Crippen molar-refractivity contribution >= 4 is 15.9 Å². The molecule has 0 aromatic heterocycles. The van der Waals surface area contributed by atoms with Crippen molar-refractivity contribution in [2.45, 2.75) is 0 Å². The van der Waals surface area contributed by atoms with E-state index in [1.165, 1.54) is 7.11 Å². The van der Waals surface area contributed by atoms with Crippen LogP contribution >= 0.6 is 15.9 Å². The molecule has 4 nitrogen and oxygen atoms in total. The highest BCUT2D eigenvalue weighted by molar-refractivity contribution is 9.10. The summed E-state index contributed by atoms with van der Waals surface area (Å²) in [6, 6.07) is 14.1. The third kappa shape index (κ3) is 3.09. The number of hydrogen-bond acceptors (Lipinski definition) is 4. The Labute approximate surface area is 124 Å². The van der Waals surface area contributed by atoms with Crippen molar-refractivity contribution in [1.82, 2.24) is 0 Å². The van der Waals surface area contributed by atoms with E-state index in [0.717, 1.165) is 4.47 Å². The normalized spacial score (nSPS) is 9.40. The fourth-order valence-corrected chi connectivity index (χ4v) is 1.95. The van der Waals surface area contributed by atoms with Crippen molar-refractivity contribution in [1.29, 1.82) is 10.5 Å². The molecule has 98 valence electrons. The predicted octanol–water partition coefficient (Wildman–Crippen LogP) is 3.99. The van der Waals surface area contributed by atoms with Crippen LogP contribution in [0.15, 0.2) is 40.9 Å². The molecule has 2 rings (SSSR count). The topological polar surface area (TPSA) is 66.0 Å². The third-order valence-corrected chi connectivity index (χ3v) is 3.03. The summed E-state index contributed by atoms with van der Waals surface area (Å²) in [5.41, 5.74) is 0.836. The molecule has 5 heteroatoms. The van der Waals surface area contributed by atoms with Crippen molar-refractivity contribution in [3.63, 3.8) is 0 Å². The molecule has 0 amide bonds. The quantitative estimate of drug-likeness (QED) is 0.854. The second kappa shape index (κ2) is 6.10. The lowest BCUT2D eigenvalue weighted by atomic mass is 10.2. The number of ether oxygens (including phenoxy) is 2. The molecule has 0 aliphatic heterocycles. The van der Waals surface area contributed by atoms with Gasteiger partial charge in [-0.15, -0.1) is 0 Å². The molecule has 0 atom stereocenters. The Morgan fingerprint density at radius 1 is 1.00 bits per heavy atom. The lowest BCUT2D eigenvalue weighted by Gasteiger charge is -2.09. The van der Waals surface area contributed by atoms with Gasteiger partial charge in [0.1, 0.15) is 23.3 Å². The van der Waals surface area contributed by atoms with Crippen LogP contribution in [0.4, 0.5) is 0 Å². The van der Waals surface area contributed by atoms with Crippen LogP contribution in [0, 0.1) is 22.7 Å². The van der Waals surface area contributed by atoms with Gasteiger partial charge in [-0.05, 0) is 30.3 Å². The molecule has 2 aromatic carbocycles. The van der Waals surface area contributed by atoms with Gasteiger partial charge in [0.25, 0.3) is 0 Å². The molecule has 20 heavy (non-hydrogen) atoms. The monoisotopic (exact) mass is 328 g/mol.